The van der Waals surface area contributed by atoms with E-state index in [0.29, 0.717) is 21.9 Å². The minimum atomic E-state index is -0.484. The van der Waals surface area contributed by atoms with Crippen LogP contribution in [0, 0.1) is 5.41 Å². The molecule has 0 radical (unpaired) electrons. The summed E-state index contributed by atoms with van der Waals surface area (Å²) in [6.07, 6.45) is 0.419. The normalized spacial score (nSPS) is 11.0. The number of guanidine groups is 1. The third-order valence-electron chi connectivity index (χ3n) is 2.12. The molecule has 2 N–H and O–H groups in total. The summed E-state index contributed by atoms with van der Waals surface area (Å²) in [6.45, 7) is 1.43. The van der Waals surface area contributed by atoms with Gasteiger partial charge in [-0.3, -0.25) is 20.3 Å². The molecule has 1 amide bonds. The Bertz CT molecular complexity index is 536. The number of aldehydes is 1. The topological polar surface area (TPSA) is 82.4 Å². The first-order valence-corrected chi connectivity index (χ1v) is 6.01. The van der Waals surface area contributed by atoms with Gasteiger partial charge in [0.15, 0.2) is 6.29 Å². The minimum Gasteiger partial charge on any atom is -0.297 e. The number of amides is 1. The van der Waals surface area contributed by atoms with E-state index in [2.05, 4.69) is 10.3 Å². The molecule has 7 heteroatoms. The van der Waals surface area contributed by atoms with Gasteiger partial charge in [-0.25, -0.2) is 4.99 Å². The van der Waals surface area contributed by atoms with E-state index in [1.165, 1.54) is 6.92 Å². The Balaban J connectivity index is 2.71. The van der Waals surface area contributed by atoms with Crippen molar-refractivity contribution >= 4 is 47.1 Å². The molecule has 0 aliphatic heterocycles. The summed E-state index contributed by atoms with van der Waals surface area (Å²) in [7, 11) is 0. The molecule has 100 valence electrons. The molecule has 0 saturated heterocycles. The van der Waals surface area contributed by atoms with Crippen molar-refractivity contribution in [2.45, 2.75) is 13.3 Å². The van der Waals surface area contributed by atoms with Crippen molar-refractivity contribution in [3.05, 3.63) is 33.8 Å². The number of hydrogen-bond donors (Lipinski definition) is 2. The summed E-state index contributed by atoms with van der Waals surface area (Å²) in [4.78, 5) is 25.6. The summed E-state index contributed by atoms with van der Waals surface area (Å²) in [5.41, 5.74) is 0.577. The van der Waals surface area contributed by atoms with Crippen molar-refractivity contribution < 1.29 is 9.59 Å². The van der Waals surface area contributed by atoms with E-state index in [0.717, 1.165) is 0 Å². The van der Waals surface area contributed by atoms with Gasteiger partial charge in [0.25, 0.3) is 0 Å². The Morgan fingerprint density at radius 2 is 2.00 bits per heavy atom. The molecule has 1 aromatic carbocycles. The Labute approximate surface area is 120 Å². The van der Waals surface area contributed by atoms with Crippen LogP contribution < -0.4 is 5.32 Å². The molecule has 0 bridgehead atoms. The molecule has 5 nitrogen and oxygen atoms in total. The fraction of sp³-hybridized carbons (Fsp3) is 0.167. The lowest BCUT2D eigenvalue weighted by Gasteiger charge is -2.07. The van der Waals surface area contributed by atoms with E-state index in [-0.39, 0.29) is 12.1 Å². The van der Waals surface area contributed by atoms with Crippen LogP contribution in [0.5, 0.6) is 0 Å². The highest BCUT2D eigenvalue weighted by molar-refractivity contribution is 6.36. The zero-order valence-electron chi connectivity index (χ0n) is 10.0. The zero-order chi connectivity index (χ0) is 14.4. The van der Waals surface area contributed by atoms with Crippen LogP contribution in [0.25, 0.3) is 0 Å². The lowest BCUT2D eigenvalue weighted by atomic mass is 10.1. The van der Waals surface area contributed by atoms with E-state index in [4.69, 9.17) is 28.6 Å². The van der Waals surface area contributed by atoms with Crippen molar-refractivity contribution in [3.63, 3.8) is 0 Å². The molecule has 0 atom stereocenters. The van der Waals surface area contributed by atoms with Crippen LogP contribution in [0.15, 0.2) is 23.2 Å². The molecule has 0 heterocycles. The standard InChI is InChI=1S/C12H11Cl2N3O2/c1-7(6-18)16-12(15)17-11(19)5-8-9(13)3-2-4-10(8)14/h2-4,6H,5H2,1H3,(H2,15,17,19). The molecular weight excluding hydrogens is 289 g/mol. The van der Waals surface area contributed by atoms with Crippen molar-refractivity contribution in [2.24, 2.45) is 4.99 Å². The van der Waals surface area contributed by atoms with Crippen LogP contribution in [-0.2, 0) is 16.0 Å². The van der Waals surface area contributed by atoms with E-state index < -0.39 is 11.9 Å². The van der Waals surface area contributed by atoms with Crippen LogP contribution in [-0.4, -0.2) is 23.9 Å². The number of aliphatic imine (C=N–C) groups is 1. The summed E-state index contributed by atoms with van der Waals surface area (Å²) < 4.78 is 0. The van der Waals surface area contributed by atoms with Crippen LogP contribution in [0.4, 0.5) is 0 Å². The first kappa shape index (κ1) is 15.3. The maximum Gasteiger partial charge on any atom is 0.231 e. The average Bonchev–Trinajstić information content (AvgIpc) is 2.33. The summed E-state index contributed by atoms with van der Waals surface area (Å²) in [6, 6.07) is 4.91. The average molecular weight is 300 g/mol. The van der Waals surface area contributed by atoms with E-state index >= 15 is 0 Å². The quantitative estimate of drug-likeness (QED) is 0.510. The van der Waals surface area contributed by atoms with Gasteiger partial charge in [-0.2, -0.15) is 0 Å². The largest absolute Gasteiger partial charge is 0.297 e. The Hall–Kier alpha value is -1.72. The molecule has 19 heavy (non-hydrogen) atoms. The Morgan fingerprint density at radius 1 is 1.42 bits per heavy atom. The summed E-state index contributed by atoms with van der Waals surface area (Å²) >= 11 is 11.8. The lowest BCUT2D eigenvalue weighted by molar-refractivity contribution is -0.119. The van der Waals surface area contributed by atoms with E-state index in [1.807, 2.05) is 0 Å². The SMILES string of the molecule is CC(C=O)=NC(=N)NC(=O)Cc1c(Cl)cccc1Cl. The summed E-state index contributed by atoms with van der Waals surface area (Å²) in [5.74, 6) is -0.889. The monoisotopic (exact) mass is 299 g/mol. The number of halogens is 2. The maximum atomic E-state index is 11.7. The third kappa shape index (κ3) is 4.81. The summed E-state index contributed by atoms with van der Waals surface area (Å²) in [5, 5.41) is 10.4. The second-order valence-electron chi connectivity index (χ2n) is 3.64. The van der Waals surface area contributed by atoms with Gasteiger partial charge < -0.3 is 0 Å². The number of carbonyl (C=O) groups is 2. The highest BCUT2D eigenvalue weighted by Crippen LogP contribution is 2.24. The van der Waals surface area contributed by atoms with Gasteiger partial charge in [-0.15, -0.1) is 0 Å². The fourth-order valence-corrected chi connectivity index (χ4v) is 1.80. The Kier molecular flexibility index (Phi) is 5.66. The molecule has 0 aromatic heterocycles. The van der Waals surface area contributed by atoms with Crippen molar-refractivity contribution in [1.29, 1.82) is 5.41 Å². The smallest absolute Gasteiger partial charge is 0.231 e. The van der Waals surface area contributed by atoms with Crippen molar-refractivity contribution in [2.75, 3.05) is 0 Å². The van der Waals surface area contributed by atoms with Gasteiger partial charge in [0.2, 0.25) is 11.9 Å². The number of nitrogens with one attached hydrogen (secondary N) is 2. The predicted octanol–water partition coefficient (Wildman–Crippen LogP) is 2.25. The first-order chi connectivity index (χ1) is 8.93. The molecule has 0 saturated carbocycles. The van der Waals surface area contributed by atoms with Crippen LogP contribution >= 0.6 is 23.2 Å². The second-order valence-corrected chi connectivity index (χ2v) is 4.46. The number of nitrogens with zero attached hydrogens (tertiary/aromatic N) is 1. The van der Waals surface area contributed by atoms with E-state index in [9.17, 15) is 9.59 Å². The zero-order valence-corrected chi connectivity index (χ0v) is 11.5. The Morgan fingerprint density at radius 3 is 2.53 bits per heavy atom. The van der Waals surface area contributed by atoms with Gasteiger partial charge in [0, 0.05) is 10.0 Å². The second kappa shape index (κ2) is 7.01. The van der Waals surface area contributed by atoms with Crippen molar-refractivity contribution in [3.8, 4) is 0 Å². The predicted molar refractivity (Wildman–Crippen MR) is 75.2 cm³/mol. The molecule has 0 aliphatic rings. The first-order valence-electron chi connectivity index (χ1n) is 5.25. The molecule has 0 unspecified atom stereocenters. The highest BCUT2D eigenvalue weighted by Gasteiger charge is 2.11. The van der Waals surface area contributed by atoms with Gasteiger partial charge in [-0.1, -0.05) is 29.3 Å². The van der Waals surface area contributed by atoms with Gasteiger partial charge in [-0.05, 0) is 24.6 Å². The minimum absolute atomic E-state index is 0.0729. The molecule has 0 spiro atoms. The van der Waals surface area contributed by atoms with Gasteiger partial charge >= 0.3 is 0 Å². The molecule has 1 aromatic rings. The number of carbonyl (C=O) groups excluding carboxylic acids is 2. The van der Waals surface area contributed by atoms with Crippen LogP contribution in [0.1, 0.15) is 12.5 Å². The molecule has 1 rings (SSSR count). The van der Waals surface area contributed by atoms with E-state index in [1.54, 1.807) is 18.2 Å². The van der Waals surface area contributed by atoms with Crippen LogP contribution in [0.2, 0.25) is 10.0 Å². The number of rotatable bonds is 3. The van der Waals surface area contributed by atoms with Gasteiger partial charge in [0.1, 0.15) is 0 Å². The lowest BCUT2D eigenvalue weighted by Crippen LogP contribution is -2.30. The molecular formula is C12H11Cl2N3O2. The fourth-order valence-electron chi connectivity index (χ4n) is 1.27. The third-order valence-corrected chi connectivity index (χ3v) is 2.82. The van der Waals surface area contributed by atoms with Crippen LogP contribution in [0.3, 0.4) is 0 Å². The highest BCUT2D eigenvalue weighted by atomic mass is 35.5. The van der Waals surface area contributed by atoms with Gasteiger partial charge in [0.05, 0.1) is 12.1 Å². The molecule has 0 fully saturated rings. The maximum absolute atomic E-state index is 11.7. The number of benzene rings is 1. The van der Waals surface area contributed by atoms with Crippen molar-refractivity contribution in [1.82, 2.24) is 5.32 Å². The molecule has 0 aliphatic carbocycles. The number of hydrogen-bond acceptors (Lipinski definition) is 3.